The van der Waals surface area contributed by atoms with Crippen LogP contribution in [0.3, 0.4) is 0 Å². The van der Waals surface area contributed by atoms with Gasteiger partial charge in [0, 0.05) is 0 Å². The maximum atomic E-state index is 13.6. The molecule has 2 rings (SSSR count). The van der Waals surface area contributed by atoms with Gasteiger partial charge >= 0.3 is 23.6 Å². The molecule has 2 aliphatic rings. The Morgan fingerprint density at radius 2 is 1.05 bits per heavy atom. The summed E-state index contributed by atoms with van der Waals surface area (Å²) in [5.74, 6) is -20.9. The molecule has 12 heteroatoms. The molecule has 0 aromatic carbocycles. The Bertz CT molecular complexity index is 521. The Kier molecular flexibility index (Phi) is 2.35. The van der Waals surface area contributed by atoms with Crippen molar-refractivity contribution in [3.63, 3.8) is 0 Å². The van der Waals surface area contributed by atoms with E-state index in [1.54, 1.807) is 0 Å². The highest BCUT2D eigenvalue weighted by molar-refractivity contribution is 5.55. The van der Waals surface area contributed by atoms with Crippen LogP contribution in [-0.2, 0) is 0 Å². The van der Waals surface area contributed by atoms with Gasteiger partial charge in [-0.05, 0) is 0 Å². The van der Waals surface area contributed by atoms with Gasteiger partial charge in [-0.3, -0.25) is 0 Å². The van der Waals surface area contributed by atoms with Crippen LogP contribution < -0.4 is 0 Å². The van der Waals surface area contributed by atoms with Crippen molar-refractivity contribution in [1.29, 1.82) is 0 Å². The second-order valence-electron chi connectivity index (χ2n) is 4.29. The summed E-state index contributed by atoms with van der Waals surface area (Å²) >= 11 is 0. The molecule has 0 radical (unpaired) electrons. The van der Waals surface area contributed by atoms with Gasteiger partial charge in [0.2, 0.25) is 0 Å². The fourth-order valence-corrected chi connectivity index (χ4v) is 2.37. The Balaban J connectivity index is 2.99. The van der Waals surface area contributed by atoms with E-state index in [9.17, 15) is 48.3 Å². The molecule has 2 aliphatic carbocycles. The first-order chi connectivity index (χ1) is 8.57. The van der Waals surface area contributed by atoms with Gasteiger partial charge < -0.3 is 5.11 Å². The summed E-state index contributed by atoms with van der Waals surface area (Å²) in [6.07, 6.45) is -6.64. The van der Waals surface area contributed by atoms with E-state index in [0.29, 0.717) is 0 Å². The first-order valence-electron chi connectivity index (χ1n) is 4.55. The molecule has 1 saturated carbocycles. The monoisotopic (exact) mass is 322 g/mol. The molecule has 0 amide bonds. The molecule has 1 fully saturated rings. The SMILES string of the molecule is OC(F)(F)C1(F)C(F)(F)C2(F)C(F)=C(F)C1(F)C2(F)F. The Labute approximate surface area is 101 Å². The quantitative estimate of drug-likeness (QED) is 0.736. The van der Waals surface area contributed by atoms with E-state index in [2.05, 4.69) is 0 Å². The largest absolute Gasteiger partial charge is 0.397 e. The number of aliphatic hydroxyl groups is 1. The van der Waals surface area contributed by atoms with Crippen molar-refractivity contribution in [3.05, 3.63) is 11.7 Å². The van der Waals surface area contributed by atoms with Crippen LogP contribution in [0.4, 0.5) is 48.3 Å². The molecule has 1 N–H and O–H groups in total. The van der Waals surface area contributed by atoms with Crippen LogP contribution in [0.1, 0.15) is 0 Å². The zero-order valence-corrected chi connectivity index (χ0v) is 8.60. The topological polar surface area (TPSA) is 20.2 Å². The van der Waals surface area contributed by atoms with Crippen molar-refractivity contribution < 1.29 is 53.4 Å². The van der Waals surface area contributed by atoms with Crippen molar-refractivity contribution in [2.45, 2.75) is 35.0 Å². The number of alkyl halides is 9. The van der Waals surface area contributed by atoms with Crippen LogP contribution in [0.5, 0.6) is 0 Å². The summed E-state index contributed by atoms with van der Waals surface area (Å²) in [6.45, 7) is 0. The lowest BCUT2D eigenvalue weighted by atomic mass is 9.81. The number of allylic oxidation sites excluding steroid dienone is 2. The Hall–Kier alpha value is -1.07. The van der Waals surface area contributed by atoms with Gasteiger partial charge in [-0.15, -0.1) is 0 Å². The molecule has 0 aromatic heterocycles. The average Bonchev–Trinajstić information content (AvgIpc) is 2.43. The lowest BCUT2D eigenvalue weighted by Crippen LogP contribution is -2.69. The van der Waals surface area contributed by atoms with E-state index < -0.39 is 46.6 Å². The molecule has 0 aromatic rings. The van der Waals surface area contributed by atoms with Gasteiger partial charge in [-0.2, -0.15) is 26.3 Å². The van der Waals surface area contributed by atoms with Crippen LogP contribution in [0.15, 0.2) is 11.7 Å². The third kappa shape index (κ3) is 0.904. The van der Waals surface area contributed by atoms with Crippen molar-refractivity contribution in [1.82, 2.24) is 0 Å². The number of rotatable bonds is 1. The van der Waals surface area contributed by atoms with Gasteiger partial charge in [0.15, 0.2) is 11.7 Å². The minimum atomic E-state index is -6.80. The molecule has 0 aliphatic heterocycles. The van der Waals surface area contributed by atoms with Crippen LogP contribution in [0, 0.1) is 0 Å². The summed E-state index contributed by atoms with van der Waals surface area (Å²) in [6, 6.07) is 0. The van der Waals surface area contributed by atoms with E-state index in [-0.39, 0.29) is 0 Å². The second kappa shape index (κ2) is 3.07. The van der Waals surface area contributed by atoms with Crippen LogP contribution in [-0.4, -0.2) is 40.1 Å². The lowest BCUT2D eigenvalue weighted by molar-refractivity contribution is -0.365. The highest BCUT2D eigenvalue weighted by Crippen LogP contribution is 2.79. The number of fused-ring (bicyclic) bond motifs is 2. The lowest BCUT2D eigenvalue weighted by Gasteiger charge is -2.39. The fraction of sp³-hybridized carbons (Fsp3) is 0.750. The van der Waals surface area contributed by atoms with Gasteiger partial charge in [-0.25, -0.2) is 22.0 Å². The van der Waals surface area contributed by atoms with E-state index in [1.165, 1.54) is 0 Å². The van der Waals surface area contributed by atoms with E-state index >= 15 is 0 Å². The number of hydrogen-bond acceptors (Lipinski definition) is 1. The van der Waals surface area contributed by atoms with Crippen molar-refractivity contribution in [2.75, 3.05) is 0 Å². The van der Waals surface area contributed by atoms with Gasteiger partial charge in [0.25, 0.3) is 11.3 Å². The third-order valence-corrected chi connectivity index (χ3v) is 3.42. The zero-order chi connectivity index (χ0) is 16.2. The zero-order valence-electron chi connectivity index (χ0n) is 8.60. The van der Waals surface area contributed by atoms with Crippen LogP contribution >= 0.6 is 0 Å². The van der Waals surface area contributed by atoms with Crippen molar-refractivity contribution >= 4 is 0 Å². The van der Waals surface area contributed by atoms with Gasteiger partial charge in [0.1, 0.15) is 0 Å². The molecule has 20 heavy (non-hydrogen) atoms. The molecule has 0 spiro atoms. The van der Waals surface area contributed by atoms with Gasteiger partial charge in [0.05, 0.1) is 0 Å². The summed E-state index contributed by atoms with van der Waals surface area (Å²) < 4.78 is 144. The second-order valence-corrected chi connectivity index (χ2v) is 4.29. The summed E-state index contributed by atoms with van der Waals surface area (Å²) in [4.78, 5) is 0. The number of hydrogen-bond donors (Lipinski definition) is 1. The van der Waals surface area contributed by atoms with E-state index in [0.717, 1.165) is 0 Å². The van der Waals surface area contributed by atoms with Crippen LogP contribution in [0.2, 0.25) is 0 Å². The summed E-state index contributed by atoms with van der Waals surface area (Å²) in [5, 5.41) is 7.91. The first kappa shape index (κ1) is 15.3. The molecule has 3 unspecified atom stereocenters. The van der Waals surface area contributed by atoms with Crippen molar-refractivity contribution in [2.24, 2.45) is 0 Å². The smallest absolute Gasteiger partial charge is 0.333 e. The standard InChI is InChI=1S/C8HF11O/c9-1-2(10)4(12)6(14,15)3(1,11)5(13,7(4,16)17)8(18,19)20/h20H. The first-order valence-corrected chi connectivity index (χ1v) is 4.55. The molecule has 3 atom stereocenters. The maximum Gasteiger partial charge on any atom is 0.397 e. The number of halogens is 11. The summed E-state index contributed by atoms with van der Waals surface area (Å²) in [5.41, 5.74) is -19.5. The minimum absolute atomic E-state index is 3.74. The molecule has 0 heterocycles. The fourth-order valence-electron chi connectivity index (χ4n) is 2.37. The molecule has 2 bridgehead atoms. The normalized spacial score (nSPS) is 46.2. The molecular formula is C8HF11O. The minimum Gasteiger partial charge on any atom is -0.333 e. The predicted molar refractivity (Wildman–Crippen MR) is 37.8 cm³/mol. The third-order valence-electron chi connectivity index (χ3n) is 3.42. The summed E-state index contributed by atoms with van der Waals surface area (Å²) in [7, 11) is 0. The van der Waals surface area contributed by atoms with Crippen molar-refractivity contribution in [3.8, 4) is 0 Å². The van der Waals surface area contributed by atoms with Gasteiger partial charge in [-0.1, -0.05) is 0 Å². The highest BCUT2D eigenvalue weighted by Gasteiger charge is 3.08. The Morgan fingerprint density at radius 3 is 1.35 bits per heavy atom. The molecule has 1 nitrogen and oxygen atoms in total. The van der Waals surface area contributed by atoms with E-state index in [4.69, 9.17) is 5.11 Å². The average molecular weight is 322 g/mol. The Morgan fingerprint density at radius 1 is 0.700 bits per heavy atom. The highest BCUT2D eigenvalue weighted by atomic mass is 19.3. The van der Waals surface area contributed by atoms with E-state index in [1.807, 2.05) is 0 Å². The molecule has 116 valence electrons. The molecular weight excluding hydrogens is 321 g/mol. The predicted octanol–water partition coefficient (Wildman–Crippen LogP) is 3.14. The maximum absolute atomic E-state index is 13.6. The molecule has 0 saturated heterocycles. The van der Waals surface area contributed by atoms with Crippen LogP contribution in [0.25, 0.3) is 0 Å².